The fourth-order valence-corrected chi connectivity index (χ4v) is 4.36. The summed E-state index contributed by atoms with van der Waals surface area (Å²) in [7, 11) is 0. The minimum Gasteiger partial charge on any atom is -0.462 e. The maximum atomic E-state index is 13.3. The normalized spacial score (nSPS) is 10.8. The van der Waals surface area contributed by atoms with Gasteiger partial charge in [-0.3, -0.25) is 0 Å². The standard InChI is InChI=1S/C30H39BrO8/c1-5-9-15-36-27(32)20-13-14-21(28(33)37-16-10-6-2)25-24(20)22(29(34)38-17-11-7-3)19-23(31)26(25)30(35)39-18-12-8-4/h13-14,19H,5-12,15-18H2,1-4H3. The first-order chi connectivity index (χ1) is 18.8. The molecular formula is C30H39BrO8. The lowest BCUT2D eigenvalue weighted by atomic mass is 9.91. The summed E-state index contributed by atoms with van der Waals surface area (Å²) in [5, 5.41) is 0.174. The number of hydrogen-bond donors (Lipinski definition) is 0. The van der Waals surface area contributed by atoms with Gasteiger partial charge in [0.25, 0.3) is 0 Å². The van der Waals surface area contributed by atoms with Crippen molar-refractivity contribution in [1.82, 2.24) is 0 Å². The Morgan fingerprint density at radius 2 is 0.923 bits per heavy atom. The predicted molar refractivity (Wildman–Crippen MR) is 152 cm³/mol. The van der Waals surface area contributed by atoms with E-state index in [2.05, 4.69) is 15.9 Å². The van der Waals surface area contributed by atoms with Crippen molar-refractivity contribution in [3.05, 3.63) is 44.9 Å². The van der Waals surface area contributed by atoms with Crippen LogP contribution in [0.15, 0.2) is 22.7 Å². The zero-order chi connectivity index (χ0) is 28.8. The average Bonchev–Trinajstić information content (AvgIpc) is 2.92. The number of esters is 4. The zero-order valence-corrected chi connectivity index (χ0v) is 24.9. The van der Waals surface area contributed by atoms with Crippen LogP contribution in [0.2, 0.25) is 0 Å². The summed E-state index contributed by atoms with van der Waals surface area (Å²) < 4.78 is 22.1. The molecular weight excluding hydrogens is 568 g/mol. The van der Waals surface area contributed by atoms with Crippen LogP contribution in [-0.2, 0) is 18.9 Å². The molecule has 9 heteroatoms. The van der Waals surface area contributed by atoms with E-state index in [4.69, 9.17) is 18.9 Å². The van der Waals surface area contributed by atoms with Crippen molar-refractivity contribution >= 4 is 50.6 Å². The molecule has 0 aliphatic heterocycles. The van der Waals surface area contributed by atoms with E-state index in [9.17, 15) is 19.2 Å². The van der Waals surface area contributed by atoms with Gasteiger partial charge in [0.05, 0.1) is 48.7 Å². The van der Waals surface area contributed by atoms with Crippen molar-refractivity contribution in [1.29, 1.82) is 0 Å². The fourth-order valence-electron chi connectivity index (χ4n) is 3.78. The second-order valence-corrected chi connectivity index (χ2v) is 10.0. The molecule has 0 fully saturated rings. The van der Waals surface area contributed by atoms with Gasteiger partial charge in [-0.2, -0.15) is 0 Å². The van der Waals surface area contributed by atoms with E-state index in [0.29, 0.717) is 25.7 Å². The lowest BCUT2D eigenvalue weighted by Gasteiger charge is -2.18. The molecule has 0 amide bonds. The Labute approximate surface area is 238 Å². The molecule has 0 N–H and O–H groups in total. The van der Waals surface area contributed by atoms with E-state index < -0.39 is 23.9 Å². The zero-order valence-electron chi connectivity index (χ0n) is 23.4. The van der Waals surface area contributed by atoms with Gasteiger partial charge in [0.2, 0.25) is 0 Å². The van der Waals surface area contributed by atoms with Gasteiger partial charge < -0.3 is 18.9 Å². The molecule has 0 saturated carbocycles. The van der Waals surface area contributed by atoms with E-state index in [1.165, 1.54) is 18.2 Å². The summed E-state index contributed by atoms with van der Waals surface area (Å²) >= 11 is 3.41. The molecule has 2 rings (SSSR count). The first-order valence-corrected chi connectivity index (χ1v) is 14.6. The van der Waals surface area contributed by atoms with Crippen LogP contribution in [0.3, 0.4) is 0 Å². The lowest BCUT2D eigenvalue weighted by Crippen LogP contribution is -2.17. The van der Waals surface area contributed by atoms with Gasteiger partial charge in [-0.1, -0.05) is 53.4 Å². The summed E-state index contributed by atoms with van der Waals surface area (Å²) in [6.07, 6.45) is 5.94. The third-order valence-electron chi connectivity index (χ3n) is 6.02. The Balaban J connectivity index is 2.85. The van der Waals surface area contributed by atoms with Crippen LogP contribution in [0.1, 0.15) is 120 Å². The van der Waals surface area contributed by atoms with Gasteiger partial charge >= 0.3 is 23.9 Å². The summed E-state index contributed by atoms with van der Waals surface area (Å²) in [6, 6.07) is 4.28. The Kier molecular flexibility index (Phi) is 14.0. The fraction of sp³-hybridized carbons (Fsp3) is 0.533. The maximum Gasteiger partial charge on any atom is 0.339 e. The number of ether oxygens (including phenoxy) is 4. The molecule has 0 radical (unpaired) electrons. The van der Waals surface area contributed by atoms with Crippen molar-refractivity contribution < 1.29 is 38.1 Å². The van der Waals surface area contributed by atoms with Gasteiger partial charge in [0, 0.05) is 15.2 Å². The largest absolute Gasteiger partial charge is 0.462 e. The molecule has 2 aromatic carbocycles. The van der Waals surface area contributed by atoms with Gasteiger partial charge in [0.15, 0.2) is 0 Å². The summed E-state index contributed by atoms with van der Waals surface area (Å²) in [5.74, 6) is -2.72. The predicted octanol–water partition coefficient (Wildman–Crippen LogP) is 7.43. The van der Waals surface area contributed by atoms with E-state index in [1.807, 2.05) is 27.7 Å². The highest BCUT2D eigenvalue weighted by Crippen LogP contribution is 2.36. The van der Waals surface area contributed by atoms with Crippen molar-refractivity contribution in [2.45, 2.75) is 79.1 Å². The third-order valence-corrected chi connectivity index (χ3v) is 6.65. The third kappa shape index (κ3) is 8.78. The number of fused-ring (bicyclic) bond motifs is 1. The van der Waals surface area contributed by atoms with Gasteiger partial charge in [-0.15, -0.1) is 0 Å². The monoisotopic (exact) mass is 606 g/mol. The van der Waals surface area contributed by atoms with Crippen LogP contribution in [0.4, 0.5) is 0 Å². The number of carbonyl (C=O) groups excluding carboxylic acids is 4. The smallest absolute Gasteiger partial charge is 0.339 e. The van der Waals surface area contributed by atoms with Crippen LogP contribution in [-0.4, -0.2) is 50.3 Å². The van der Waals surface area contributed by atoms with Gasteiger partial charge in [-0.05, 0) is 59.8 Å². The first kappa shape index (κ1) is 32.3. The molecule has 0 atom stereocenters. The SMILES string of the molecule is CCCCOC(=O)c1ccc(C(=O)OCCCC)c2c(C(=O)OCCCC)c(Br)cc(C(=O)OCCCC)c12. The molecule has 0 heterocycles. The van der Waals surface area contributed by atoms with Crippen molar-refractivity contribution in [3.8, 4) is 0 Å². The summed E-state index contributed by atoms with van der Waals surface area (Å²) in [6.45, 7) is 8.63. The van der Waals surface area contributed by atoms with E-state index in [1.54, 1.807) is 0 Å². The molecule has 0 bridgehead atoms. The van der Waals surface area contributed by atoms with E-state index >= 15 is 0 Å². The molecule has 0 spiro atoms. The highest BCUT2D eigenvalue weighted by molar-refractivity contribution is 9.10. The topological polar surface area (TPSA) is 105 Å². The van der Waals surface area contributed by atoms with Crippen LogP contribution in [0.25, 0.3) is 10.8 Å². The number of unbranched alkanes of at least 4 members (excludes halogenated alkanes) is 4. The number of hydrogen-bond acceptors (Lipinski definition) is 8. The molecule has 0 unspecified atom stereocenters. The van der Waals surface area contributed by atoms with Crippen molar-refractivity contribution in [2.24, 2.45) is 0 Å². The molecule has 0 aliphatic rings. The molecule has 2 aromatic rings. The second-order valence-electron chi connectivity index (χ2n) is 9.15. The molecule has 8 nitrogen and oxygen atoms in total. The van der Waals surface area contributed by atoms with Gasteiger partial charge in [0.1, 0.15) is 0 Å². The quantitative estimate of drug-likeness (QED) is 0.110. The molecule has 0 saturated heterocycles. The first-order valence-electron chi connectivity index (χ1n) is 13.8. The number of benzene rings is 2. The highest BCUT2D eigenvalue weighted by atomic mass is 79.9. The van der Waals surface area contributed by atoms with E-state index in [0.717, 1.165) is 25.7 Å². The van der Waals surface area contributed by atoms with Crippen LogP contribution >= 0.6 is 15.9 Å². The minimum absolute atomic E-state index is 0.0249. The number of carbonyl (C=O) groups is 4. The van der Waals surface area contributed by atoms with Gasteiger partial charge in [-0.25, -0.2) is 19.2 Å². The van der Waals surface area contributed by atoms with E-state index in [-0.39, 0.29) is 63.9 Å². The lowest BCUT2D eigenvalue weighted by molar-refractivity contribution is 0.0478. The molecule has 0 aromatic heterocycles. The summed E-state index contributed by atoms with van der Waals surface area (Å²) in [5.41, 5.74) is 0.141. The van der Waals surface area contributed by atoms with Crippen LogP contribution in [0, 0.1) is 0 Å². The maximum absolute atomic E-state index is 13.3. The number of rotatable bonds is 16. The second kappa shape index (κ2) is 16.9. The van der Waals surface area contributed by atoms with Crippen molar-refractivity contribution in [2.75, 3.05) is 26.4 Å². The minimum atomic E-state index is -0.690. The average molecular weight is 608 g/mol. The Morgan fingerprint density at radius 1 is 0.564 bits per heavy atom. The molecule has 0 aliphatic carbocycles. The van der Waals surface area contributed by atoms with Crippen LogP contribution in [0.5, 0.6) is 0 Å². The Hall–Kier alpha value is -2.94. The van der Waals surface area contributed by atoms with Crippen molar-refractivity contribution in [3.63, 3.8) is 0 Å². The summed E-state index contributed by atoms with van der Waals surface area (Å²) in [4.78, 5) is 53.1. The van der Waals surface area contributed by atoms with Crippen LogP contribution < -0.4 is 0 Å². The Morgan fingerprint density at radius 3 is 1.33 bits per heavy atom. The highest BCUT2D eigenvalue weighted by Gasteiger charge is 2.30. The number of halogens is 1. The molecule has 214 valence electrons. The Bertz CT molecular complexity index is 1160. The molecule has 39 heavy (non-hydrogen) atoms.